The Hall–Kier alpha value is -1.27. The van der Waals surface area contributed by atoms with E-state index in [0.717, 1.165) is 18.1 Å². The summed E-state index contributed by atoms with van der Waals surface area (Å²) in [7, 11) is 0. The van der Waals surface area contributed by atoms with Crippen LogP contribution in [0.25, 0.3) is 0 Å². The standard InChI is InChI=1S/C12H14N2O2S2/c1-2-9-3-4-10(18-9)7-14-6-5-13-12(14)17-8-11(15)16/h3-6H,2,7-8H2,1H3,(H,15,16). The molecule has 0 amide bonds. The highest BCUT2D eigenvalue weighted by atomic mass is 32.2. The van der Waals surface area contributed by atoms with Gasteiger partial charge in [0.15, 0.2) is 5.16 Å². The number of aryl methyl sites for hydroxylation is 1. The van der Waals surface area contributed by atoms with Gasteiger partial charge in [-0.15, -0.1) is 11.3 Å². The average molecular weight is 282 g/mol. The summed E-state index contributed by atoms with van der Waals surface area (Å²) in [4.78, 5) is 17.4. The van der Waals surface area contributed by atoms with Crippen LogP contribution < -0.4 is 0 Å². The number of thioether (sulfide) groups is 1. The molecule has 2 aromatic heterocycles. The summed E-state index contributed by atoms with van der Waals surface area (Å²) in [6, 6.07) is 4.26. The third-order valence-electron chi connectivity index (χ3n) is 2.39. The summed E-state index contributed by atoms with van der Waals surface area (Å²) >= 11 is 3.04. The molecule has 2 heterocycles. The lowest BCUT2D eigenvalue weighted by Gasteiger charge is -2.04. The van der Waals surface area contributed by atoms with Crippen LogP contribution >= 0.6 is 23.1 Å². The molecule has 18 heavy (non-hydrogen) atoms. The number of hydrogen-bond acceptors (Lipinski definition) is 4. The number of carbonyl (C=O) groups is 1. The highest BCUT2D eigenvalue weighted by Gasteiger charge is 2.08. The highest BCUT2D eigenvalue weighted by molar-refractivity contribution is 7.99. The molecule has 0 radical (unpaired) electrons. The second-order valence-corrected chi connectivity index (χ2v) is 5.94. The van der Waals surface area contributed by atoms with Crippen molar-refractivity contribution in [2.75, 3.05) is 5.75 Å². The van der Waals surface area contributed by atoms with E-state index in [1.165, 1.54) is 21.5 Å². The van der Waals surface area contributed by atoms with E-state index in [-0.39, 0.29) is 5.75 Å². The van der Waals surface area contributed by atoms with E-state index in [9.17, 15) is 4.79 Å². The number of nitrogens with zero attached hydrogens (tertiary/aromatic N) is 2. The molecule has 96 valence electrons. The molecular formula is C12H14N2O2S2. The van der Waals surface area contributed by atoms with Crippen LogP contribution in [0, 0.1) is 0 Å². The zero-order valence-electron chi connectivity index (χ0n) is 10.00. The van der Waals surface area contributed by atoms with Crippen molar-refractivity contribution in [3.63, 3.8) is 0 Å². The molecule has 0 aliphatic heterocycles. The van der Waals surface area contributed by atoms with Gasteiger partial charge in [0.05, 0.1) is 12.3 Å². The van der Waals surface area contributed by atoms with E-state index >= 15 is 0 Å². The van der Waals surface area contributed by atoms with Crippen molar-refractivity contribution in [1.29, 1.82) is 0 Å². The first-order chi connectivity index (χ1) is 8.69. The van der Waals surface area contributed by atoms with Crippen molar-refractivity contribution < 1.29 is 9.90 Å². The Balaban J connectivity index is 2.04. The Kier molecular flexibility index (Phi) is 4.43. The van der Waals surface area contributed by atoms with Crippen molar-refractivity contribution in [3.05, 3.63) is 34.3 Å². The number of imidazole rings is 1. The van der Waals surface area contributed by atoms with Crippen LogP contribution in [0.4, 0.5) is 0 Å². The quantitative estimate of drug-likeness (QED) is 0.828. The molecule has 0 aliphatic carbocycles. The van der Waals surface area contributed by atoms with Gasteiger partial charge in [0.2, 0.25) is 0 Å². The molecule has 0 spiro atoms. The summed E-state index contributed by atoms with van der Waals surface area (Å²) in [5, 5.41) is 9.43. The Morgan fingerprint density at radius 1 is 1.50 bits per heavy atom. The SMILES string of the molecule is CCc1ccc(Cn2ccnc2SCC(=O)O)s1. The fourth-order valence-corrected chi connectivity index (χ4v) is 3.18. The Bertz CT molecular complexity index is 534. The molecule has 2 aromatic rings. The summed E-state index contributed by atoms with van der Waals surface area (Å²) in [6.07, 6.45) is 4.64. The maximum atomic E-state index is 10.6. The van der Waals surface area contributed by atoms with Crippen molar-refractivity contribution in [2.45, 2.75) is 25.0 Å². The largest absolute Gasteiger partial charge is 0.481 e. The summed E-state index contributed by atoms with van der Waals surface area (Å²) < 4.78 is 1.98. The Morgan fingerprint density at radius 2 is 2.28 bits per heavy atom. The van der Waals surface area contributed by atoms with Crippen molar-refractivity contribution in [1.82, 2.24) is 9.55 Å². The van der Waals surface area contributed by atoms with Gasteiger partial charge in [-0.05, 0) is 18.6 Å². The number of aliphatic carboxylic acids is 1. The predicted molar refractivity (Wildman–Crippen MR) is 73.4 cm³/mol. The second-order valence-electron chi connectivity index (χ2n) is 3.74. The van der Waals surface area contributed by atoms with Gasteiger partial charge in [0, 0.05) is 22.1 Å². The lowest BCUT2D eigenvalue weighted by molar-refractivity contribution is -0.133. The normalized spacial score (nSPS) is 10.7. The smallest absolute Gasteiger partial charge is 0.313 e. The van der Waals surface area contributed by atoms with E-state index in [2.05, 4.69) is 24.0 Å². The number of rotatable bonds is 6. The summed E-state index contributed by atoms with van der Waals surface area (Å²) in [5.41, 5.74) is 0. The fourth-order valence-electron chi connectivity index (χ4n) is 1.55. The molecule has 4 nitrogen and oxygen atoms in total. The van der Waals surface area contributed by atoms with Crippen molar-refractivity contribution in [3.8, 4) is 0 Å². The van der Waals surface area contributed by atoms with E-state index in [4.69, 9.17) is 5.11 Å². The van der Waals surface area contributed by atoms with E-state index in [0.29, 0.717) is 0 Å². The monoisotopic (exact) mass is 282 g/mol. The van der Waals surface area contributed by atoms with Crippen molar-refractivity contribution >= 4 is 29.1 Å². The van der Waals surface area contributed by atoms with Crippen LogP contribution in [-0.4, -0.2) is 26.4 Å². The summed E-state index contributed by atoms with van der Waals surface area (Å²) in [6.45, 7) is 2.90. The highest BCUT2D eigenvalue weighted by Crippen LogP contribution is 2.21. The Labute approximate surface area is 114 Å². The summed E-state index contributed by atoms with van der Waals surface area (Å²) in [5.74, 6) is -0.777. The van der Waals surface area contributed by atoms with E-state index in [1.54, 1.807) is 17.5 Å². The van der Waals surface area contributed by atoms with Gasteiger partial charge in [0.25, 0.3) is 0 Å². The minimum Gasteiger partial charge on any atom is -0.481 e. The van der Waals surface area contributed by atoms with Gasteiger partial charge in [-0.2, -0.15) is 0 Å². The number of carboxylic acids is 1. The van der Waals surface area contributed by atoms with Gasteiger partial charge in [-0.3, -0.25) is 4.79 Å². The molecule has 0 aliphatic rings. The van der Waals surface area contributed by atoms with E-state index < -0.39 is 5.97 Å². The Morgan fingerprint density at radius 3 is 2.94 bits per heavy atom. The molecule has 0 aromatic carbocycles. The topological polar surface area (TPSA) is 55.1 Å². The third-order valence-corrected chi connectivity index (χ3v) is 4.60. The maximum absolute atomic E-state index is 10.6. The van der Waals surface area contributed by atoms with Crippen LogP contribution in [0.1, 0.15) is 16.7 Å². The second kappa shape index (κ2) is 6.06. The molecule has 6 heteroatoms. The zero-order valence-corrected chi connectivity index (χ0v) is 11.6. The average Bonchev–Trinajstić information content (AvgIpc) is 2.96. The third kappa shape index (κ3) is 3.36. The van der Waals surface area contributed by atoms with Crippen LogP contribution in [0.2, 0.25) is 0 Å². The minimum absolute atomic E-state index is 0.0433. The molecule has 0 unspecified atom stereocenters. The molecule has 1 N–H and O–H groups in total. The number of thiophene rings is 1. The van der Waals surface area contributed by atoms with E-state index in [1.807, 2.05) is 10.8 Å². The molecule has 0 fully saturated rings. The first-order valence-corrected chi connectivity index (χ1v) is 7.42. The first-order valence-electron chi connectivity index (χ1n) is 5.62. The van der Waals surface area contributed by atoms with Crippen LogP contribution in [-0.2, 0) is 17.8 Å². The molecule has 0 bridgehead atoms. The number of aromatic nitrogens is 2. The van der Waals surface area contributed by atoms with Crippen molar-refractivity contribution in [2.24, 2.45) is 0 Å². The van der Waals surface area contributed by atoms with Crippen LogP contribution in [0.5, 0.6) is 0 Å². The maximum Gasteiger partial charge on any atom is 0.313 e. The van der Waals surface area contributed by atoms with Gasteiger partial charge in [-0.1, -0.05) is 18.7 Å². The predicted octanol–water partition coefficient (Wildman–Crippen LogP) is 2.73. The lowest BCUT2D eigenvalue weighted by Crippen LogP contribution is -2.02. The van der Waals surface area contributed by atoms with Gasteiger partial charge in [-0.25, -0.2) is 4.98 Å². The number of hydrogen-bond donors (Lipinski definition) is 1. The molecular weight excluding hydrogens is 268 g/mol. The fraction of sp³-hybridized carbons (Fsp3) is 0.333. The van der Waals surface area contributed by atoms with Gasteiger partial charge >= 0.3 is 5.97 Å². The lowest BCUT2D eigenvalue weighted by atomic mass is 10.3. The van der Waals surface area contributed by atoms with Gasteiger partial charge in [0.1, 0.15) is 0 Å². The minimum atomic E-state index is -0.820. The molecule has 0 saturated heterocycles. The number of carboxylic acid groups (broad SMARTS) is 1. The first kappa shape index (κ1) is 13.2. The molecule has 0 atom stereocenters. The molecule has 0 saturated carbocycles. The molecule has 2 rings (SSSR count). The van der Waals surface area contributed by atoms with Crippen LogP contribution in [0.3, 0.4) is 0 Å². The zero-order chi connectivity index (χ0) is 13.0. The van der Waals surface area contributed by atoms with Crippen LogP contribution in [0.15, 0.2) is 29.7 Å². The van der Waals surface area contributed by atoms with Gasteiger partial charge < -0.3 is 9.67 Å².